The predicted octanol–water partition coefficient (Wildman–Crippen LogP) is 5.02. The molecule has 1 aliphatic heterocycles. The Hall–Kier alpha value is -3.37. The van der Waals surface area contributed by atoms with Gasteiger partial charge >= 0.3 is 0 Å². The minimum Gasteiger partial charge on any atom is -0.457 e. The highest BCUT2D eigenvalue weighted by atomic mass is 79.9. The molecule has 1 aromatic heterocycles. The summed E-state index contributed by atoms with van der Waals surface area (Å²) in [5.74, 6) is -0.286. The van der Waals surface area contributed by atoms with Crippen LogP contribution in [0.15, 0.2) is 69.2 Å². The summed E-state index contributed by atoms with van der Waals surface area (Å²) < 4.78 is 20.3. The van der Waals surface area contributed by atoms with Gasteiger partial charge in [-0.15, -0.1) is 0 Å². The molecule has 1 N–H and O–H groups in total. The molecule has 0 bridgehead atoms. The van der Waals surface area contributed by atoms with Crippen molar-refractivity contribution in [3.8, 4) is 11.3 Å². The second-order valence-electron chi connectivity index (χ2n) is 6.20. The van der Waals surface area contributed by atoms with E-state index in [1.165, 1.54) is 36.4 Å². The number of anilines is 1. The number of carbonyl (C=O) groups is 1. The number of benzene rings is 2. The minimum absolute atomic E-state index is 0.0537. The van der Waals surface area contributed by atoms with Gasteiger partial charge in [0.25, 0.3) is 11.6 Å². The van der Waals surface area contributed by atoms with E-state index in [2.05, 4.69) is 21.2 Å². The first kappa shape index (κ1) is 19.9. The molecule has 2 aromatic carbocycles. The zero-order valence-corrected chi connectivity index (χ0v) is 17.4. The third-order valence-electron chi connectivity index (χ3n) is 4.31. The van der Waals surface area contributed by atoms with E-state index in [4.69, 9.17) is 16.6 Å². The van der Waals surface area contributed by atoms with Crippen molar-refractivity contribution >= 4 is 56.6 Å². The molecule has 7 nitrogen and oxygen atoms in total. The van der Waals surface area contributed by atoms with Crippen LogP contribution in [0.2, 0.25) is 0 Å². The van der Waals surface area contributed by atoms with Gasteiger partial charge in [0.05, 0.1) is 10.6 Å². The summed E-state index contributed by atoms with van der Waals surface area (Å²) in [7, 11) is 0. The van der Waals surface area contributed by atoms with Gasteiger partial charge in [0.15, 0.2) is 5.11 Å². The molecule has 2 heterocycles. The van der Waals surface area contributed by atoms with Crippen LogP contribution in [0, 0.1) is 15.9 Å². The number of furan rings is 1. The van der Waals surface area contributed by atoms with Crippen LogP contribution in [-0.2, 0) is 4.79 Å². The number of hydrogen-bond donors (Lipinski definition) is 1. The normalized spacial score (nSPS) is 15.0. The van der Waals surface area contributed by atoms with Crippen LogP contribution in [0.3, 0.4) is 0 Å². The Bertz CT molecular complexity index is 1240. The van der Waals surface area contributed by atoms with Gasteiger partial charge in [-0.05, 0) is 58.5 Å². The lowest BCUT2D eigenvalue weighted by molar-refractivity contribution is -0.384. The summed E-state index contributed by atoms with van der Waals surface area (Å²) in [6.07, 6.45) is 1.46. The number of thiocarbonyl (C=S) groups is 1. The van der Waals surface area contributed by atoms with Crippen LogP contribution in [0.4, 0.5) is 15.8 Å². The lowest BCUT2D eigenvalue weighted by atomic mass is 10.1. The van der Waals surface area contributed by atoms with Crippen molar-refractivity contribution in [1.82, 2.24) is 5.32 Å². The number of non-ortho nitro benzene ring substituents is 1. The summed E-state index contributed by atoms with van der Waals surface area (Å²) in [6.45, 7) is 0. The number of nitro groups is 1. The third-order valence-corrected chi connectivity index (χ3v) is 5.25. The second-order valence-corrected chi connectivity index (χ2v) is 7.44. The lowest BCUT2D eigenvalue weighted by Gasteiger charge is -2.14. The summed E-state index contributed by atoms with van der Waals surface area (Å²) in [5, 5.41) is 13.7. The molecule has 10 heteroatoms. The molecule has 1 amide bonds. The number of rotatable bonds is 4. The quantitative estimate of drug-likeness (QED) is 0.240. The van der Waals surface area contributed by atoms with Crippen molar-refractivity contribution in [3.05, 3.63) is 86.5 Å². The molecule has 30 heavy (non-hydrogen) atoms. The van der Waals surface area contributed by atoms with Crippen molar-refractivity contribution in [1.29, 1.82) is 0 Å². The average Bonchev–Trinajstić information content (AvgIpc) is 3.27. The van der Waals surface area contributed by atoms with Crippen LogP contribution in [0.25, 0.3) is 17.4 Å². The van der Waals surface area contributed by atoms with Crippen LogP contribution in [0.1, 0.15) is 5.76 Å². The van der Waals surface area contributed by atoms with Gasteiger partial charge in [-0.3, -0.25) is 14.9 Å². The Kier molecular flexibility index (Phi) is 5.18. The highest BCUT2D eigenvalue weighted by Crippen LogP contribution is 2.33. The van der Waals surface area contributed by atoms with E-state index in [0.717, 1.165) is 4.90 Å². The number of halogens is 2. The number of nitro benzene ring substituents is 1. The lowest BCUT2D eigenvalue weighted by Crippen LogP contribution is -2.31. The molecular formula is C20H11BrFN3O4S. The molecule has 0 spiro atoms. The molecular weight excluding hydrogens is 477 g/mol. The van der Waals surface area contributed by atoms with Gasteiger partial charge < -0.3 is 9.73 Å². The van der Waals surface area contributed by atoms with E-state index in [0.29, 0.717) is 21.6 Å². The first-order chi connectivity index (χ1) is 14.3. The Morgan fingerprint density at radius 2 is 1.97 bits per heavy atom. The van der Waals surface area contributed by atoms with E-state index < -0.39 is 16.6 Å². The number of hydrogen-bond acceptors (Lipinski definition) is 5. The summed E-state index contributed by atoms with van der Waals surface area (Å²) >= 11 is 8.48. The summed E-state index contributed by atoms with van der Waals surface area (Å²) in [6, 6.07) is 13.5. The van der Waals surface area contributed by atoms with Crippen LogP contribution in [0.5, 0.6) is 0 Å². The minimum atomic E-state index is -0.570. The molecule has 0 unspecified atom stereocenters. The first-order valence-corrected chi connectivity index (χ1v) is 9.71. The summed E-state index contributed by atoms with van der Waals surface area (Å²) in [4.78, 5) is 24.2. The first-order valence-electron chi connectivity index (χ1n) is 8.51. The zero-order chi connectivity index (χ0) is 21.4. The van der Waals surface area contributed by atoms with Gasteiger partial charge in [0, 0.05) is 28.2 Å². The fourth-order valence-electron chi connectivity index (χ4n) is 2.92. The molecule has 1 fully saturated rings. The van der Waals surface area contributed by atoms with E-state index >= 15 is 0 Å². The molecule has 0 saturated carbocycles. The number of nitrogens with zero attached hydrogens (tertiary/aromatic N) is 2. The molecule has 3 aromatic rings. The third kappa shape index (κ3) is 3.62. The number of amides is 1. The largest absolute Gasteiger partial charge is 0.457 e. The standard InChI is InChI=1S/C20H11BrFN3O4S/c21-14-9-11(25(27)28)5-7-13(14)18-8-6-12(29-18)10-16-19(26)24(20(30)23-16)17-4-2-1-3-15(17)22/h1-10H,(H,23,30)/b16-10-. The fraction of sp³-hybridized carbons (Fsp3) is 0. The SMILES string of the molecule is O=C1/C(=C/c2ccc(-c3ccc([N+](=O)[O-])cc3Br)o2)NC(=S)N1c1ccccc1F. The molecule has 0 radical (unpaired) electrons. The highest BCUT2D eigenvalue weighted by molar-refractivity contribution is 9.10. The van der Waals surface area contributed by atoms with Crippen molar-refractivity contribution in [2.24, 2.45) is 0 Å². The van der Waals surface area contributed by atoms with Crippen LogP contribution in [-0.4, -0.2) is 15.9 Å². The van der Waals surface area contributed by atoms with E-state index in [1.54, 1.807) is 24.3 Å². The van der Waals surface area contributed by atoms with Crippen molar-refractivity contribution in [2.45, 2.75) is 0 Å². The predicted molar refractivity (Wildman–Crippen MR) is 116 cm³/mol. The average molecular weight is 488 g/mol. The van der Waals surface area contributed by atoms with E-state index in [-0.39, 0.29) is 22.2 Å². The number of carbonyl (C=O) groups excluding carboxylic acids is 1. The van der Waals surface area contributed by atoms with Crippen LogP contribution < -0.4 is 10.2 Å². The van der Waals surface area contributed by atoms with E-state index in [9.17, 15) is 19.3 Å². The smallest absolute Gasteiger partial charge is 0.281 e. The molecule has 4 rings (SSSR count). The second kappa shape index (κ2) is 7.81. The molecule has 1 saturated heterocycles. The maximum Gasteiger partial charge on any atom is 0.281 e. The van der Waals surface area contributed by atoms with Gasteiger partial charge in [-0.2, -0.15) is 0 Å². The fourth-order valence-corrected chi connectivity index (χ4v) is 3.78. The summed E-state index contributed by atoms with van der Waals surface area (Å²) in [5.41, 5.74) is 0.742. The monoisotopic (exact) mass is 487 g/mol. The van der Waals surface area contributed by atoms with Crippen molar-refractivity contribution in [2.75, 3.05) is 4.90 Å². The molecule has 150 valence electrons. The highest BCUT2D eigenvalue weighted by Gasteiger charge is 2.33. The number of nitrogens with one attached hydrogen (secondary N) is 1. The maximum atomic E-state index is 14.1. The van der Waals surface area contributed by atoms with Gasteiger partial charge in [-0.1, -0.05) is 12.1 Å². The maximum absolute atomic E-state index is 14.1. The van der Waals surface area contributed by atoms with E-state index in [1.807, 2.05) is 0 Å². The van der Waals surface area contributed by atoms with Crippen LogP contribution >= 0.6 is 28.1 Å². The molecule has 1 aliphatic rings. The topological polar surface area (TPSA) is 88.6 Å². The van der Waals surface area contributed by atoms with Gasteiger partial charge in [0.1, 0.15) is 23.0 Å². The molecule has 0 aliphatic carbocycles. The van der Waals surface area contributed by atoms with Gasteiger partial charge in [0.2, 0.25) is 0 Å². The Labute approximate surface area is 183 Å². The Balaban J connectivity index is 1.62. The zero-order valence-electron chi connectivity index (χ0n) is 15.0. The molecule has 0 atom stereocenters. The van der Waals surface area contributed by atoms with Crippen molar-refractivity contribution in [3.63, 3.8) is 0 Å². The Morgan fingerprint density at radius 1 is 1.20 bits per heavy atom. The van der Waals surface area contributed by atoms with Gasteiger partial charge in [-0.25, -0.2) is 9.29 Å². The van der Waals surface area contributed by atoms with Crippen molar-refractivity contribution < 1.29 is 18.5 Å². The Morgan fingerprint density at radius 3 is 2.67 bits per heavy atom. The number of para-hydroxylation sites is 1.